The van der Waals surface area contributed by atoms with Crippen LogP contribution in [0.25, 0.3) is 0 Å². The van der Waals surface area contributed by atoms with Gasteiger partial charge in [-0.15, -0.1) is 35.3 Å². The average molecular weight is 577 g/mol. The molecule has 3 rings (SSSR count). The molecule has 0 saturated carbocycles. The van der Waals surface area contributed by atoms with Gasteiger partial charge in [0.2, 0.25) is 10.0 Å². The number of nitrogens with zero attached hydrogens (tertiary/aromatic N) is 2. The molecule has 1 aliphatic rings. The Bertz CT molecular complexity index is 897. The van der Waals surface area contributed by atoms with Gasteiger partial charge in [-0.1, -0.05) is 31.2 Å². The number of thiophene rings is 1. The normalized spacial score (nSPS) is 17.0. The minimum Gasteiger partial charge on any atom is -0.357 e. The summed E-state index contributed by atoms with van der Waals surface area (Å²) < 4.78 is 27.2. The van der Waals surface area contributed by atoms with Crippen molar-refractivity contribution in [3.05, 3.63) is 52.7 Å². The third-order valence-electron chi connectivity index (χ3n) is 5.41. The van der Waals surface area contributed by atoms with Gasteiger partial charge in [0.15, 0.2) is 5.96 Å². The van der Waals surface area contributed by atoms with Gasteiger partial charge in [0, 0.05) is 37.0 Å². The Balaban J connectivity index is 0.00000341. The molecule has 1 atom stereocenters. The van der Waals surface area contributed by atoms with E-state index in [0.717, 1.165) is 38.4 Å². The van der Waals surface area contributed by atoms with Gasteiger partial charge in [-0.25, -0.2) is 8.42 Å². The van der Waals surface area contributed by atoms with E-state index in [9.17, 15) is 8.42 Å². The smallest absolute Gasteiger partial charge is 0.243 e. The Kier molecular flexibility index (Phi) is 10.7. The van der Waals surface area contributed by atoms with Crippen LogP contribution in [-0.2, 0) is 10.0 Å². The number of sulfonamides is 1. The van der Waals surface area contributed by atoms with E-state index < -0.39 is 10.0 Å². The van der Waals surface area contributed by atoms with Crippen LogP contribution in [0.4, 0.5) is 0 Å². The van der Waals surface area contributed by atoms with E-state index in [1.54, 1.807) is 39.9 Å². The lowest BCUT2D eigenvalue weighted by molar-refractivity contribution is 0.273. The monoisotopic (exact) mass is 576 g/mol. The van der Waals surface area contributed by atoms with Crippen molar-refractivity contribution >= 4 is 51.3 Å². The summed E-state index contributed by atoms with van der Waals surface area (Å²) in [6.07, 6.45) is 1.70. The molecule has 9 heteroatoms. The molecule has 1 fully saturated rings. The fourth-order valence-electron chi connectivity index (χ4n) is 3.57. The van der Waals surface area contributed by atoms with E-state index in [0.29, 0.717) is 29.8 Å². The van der Waals surface area contributed by atoms with E-state index in [1.165, 1.54) is 4.88 Å². The predicted molar refractivity (Wildman–Crippen MR) is 140 cm³/mol. The number of piperidine rings is 1. The average Bonchev–Trinajstić information content (AvgIpc) is 3.31. The minimum atomic E-state index is -3.39. The van der Waals surface area contributed by atoms with Crippen molar-refractivity contribution in [2.75, 3.05) is 32.7 Å². The zero-order valence-corrected chi connectivity index (χ0v) is 22.1. The van der Waals surface area contributed by atoms with Crippen LogP contribution in [0.1, 0.15) is 37.5 Å². The lowest BCUT2D eigenvalue weighted by atomic mass is 9.98. The molecule has 6 nitrogen and oxygen atoms in total. The topological polar surface area (TPSA) is 73.8 Å². The molecule has 1 aromatic carbocycles. The summed E-state index contributed by atoms with van der Waals surface area (Å²) in [7, 11) is -3.39. The van der Waals surface area contributed by atoms with Crippen LogP contribution in [0, 0.1) is 5.92 Å². The van der Waals surface area contributed by atoms with Crippen molar-refractivity contribution < 1.29 is 8.42 Å². The van der Waals surface area contributed by atoms with Gasteiger partial charge in [-0.05, 0) is 49.3 Å². The molecule has 2 heterocycles. The number of rotatable bonds is 8. The van der Waals surface area contributed by atoms with Gasteiger partial charge in [0.05, 0.1) is 11.4 Å². The van der Waals surface area contributed by atoms with Gasteiger partial charge in [-0.3, -0.25) is 4.99 Å². The van der Waals surface area contributed by atoms with Crippen molar-refractivity contribution in [3.63, 3.8) is 0 Å². The van der Waals surface area contributed by atoms with Gasteiger partial charge in [0.1, 0.15) is 0 Å². The number of hydrogen-bond donors (Lipinski definition) is 2. The lowest BCUT2D eigenvalue weighted by Gasteiger charge is -2.31. The first-order chi connectivity index (χ1) is 14.5. The lowest BCUT2D eigenvalue weighted by Crippen LogP contribution is -2.44. The Labute approximate surface area is 207 Å². The first-order valence-electron chi connectivity index (χ1n) is 10.6. The largest absolute Gasteiger partial charge is 0.357 e. The summed E-state index contributed by atoms with van der Waals surface area (Å²) in [5.41, 5.74) is 0. The van der Waals surface area contributed by atoms with Crippen LogP contribution in [0.15, 0.2) is 57.7 Å². The summed E-state index contributed by atoms with van der Waals surface area (Å²) in [5.74, 6) is 1.66. The summed E-state index contributed by atoms with van der Waals surface area (Å²) in [6, 6.07) is 12.9. The van der Waals surface area contributed by atoms with Gasteiger partial charge in [0.25, 0.3) is 0 Å². The van der Waals surface area contributed by atoms with Crippen LogP contribution in [0.3, 0.4) is 0 Å². The first kappa shape index (κ1) is 26.1. The highest BCUT2D eigenvalue weighted by molar-refractivity contribution is 14.0. The summed E-state index contributed by atoms with van der Waals surface area (Å²) in [5, 5.41) is 8.86. The Morgan fingerprint density at radius 2 is 1.87 bits per heavy atom. The third-order valence-corrected chi connectivity index (χ3v) is 8.43. The molecule has 0 radical (unpaired) electrons. The van der Waals surface area contributed by atoms with E-state index in [1.807, 2.05) is 6.07 Å². The maximum Gasteiger partial charge on any atom is 0.243 e. The van der Waals surface area contributed by atoms with E-state index in [2.05, 4.69) is 42.0 Å². The molecular weight excluding hydrogens is 543 g/mol. The van der Waals surface area contributed by atoms with E-state index >= 15 is 0 Å². The second-order valence-corrected chi connectivity index (χ2v) is 10.6. The molecule has 31 heavy (non-hydrogen) atoms. The maximum absolute atomic E-state index is 12.8. The van der Waals surface area contributed by atoms with Crippen molar-refractivity contribution in [3.8, 4) is 0 Å². The molecule has 172 valence electrons. The van der Waals surface area contributed by atoms with Crippen molar-refractivity contribution in [1.29, 1.82) is 0 Å². The minimum absolute atomic E-state index is 0. The number of benzene rings is 1. The summed E-state index contributed by atoms with van der Waals surface area (Å²) in [4.78, 5) is 6.47. The highest BCUT2D eigenvalue weighted by Gasteiger charge is 2.29. The zero-order chi connectivity index (χ0) is 21.4. The molecule has 2 N–H and O–H groups in total. The second kappa shape index (κ2) is 12.8. The van der Waals surface area contributed by atoms with Crippen molar-refractivity contribution in [1.82, 2.24) is 14.9 Å². The highest BCUT2D eigenvalue weighted by atomic mass is 127. The molecule has 1 aromatic heterocycles. The van der Waals surface area contributed by atoms with Crippen LogP contribution in [-0.4, -0.2) is 51.4 Å². The van der Waals surface area contributed by atoms with Crippen molar-refractivity contribution in [2.45, 2.75) is 37.5 Å². The number of nitrogens with one attached hydrogen (secondary N) is 2. The Morgan fingerprint density at radius 1 is 1.16 bits per heavy atom. The number of halogens is 1. The van der Waals surface area contributed by atoms with Gasteiger partial charge < -0.3 is 10.6 Å². The summed E-state index contributed by atoms with van der Waals surface area (Å²) in [6.45, 7) is 7.74. The van der Waals surface area contributed by atoms with Crippen LogP contribution in [0.2, 0.25) is 0 Å². The highest BCUT2D eigenvalue weighted by Crippen LogP contribution is 2.23. The number of aliphatic imine (C=N–C) groups is 1. The fourth-order valence-corrected chi connectivity index (χ4v) is 5.84. The van der Waals surface area contributed by atoms with Gasteiger partial charge >= 0.3 is 0 Å². The molecule has 0 aliphatic carbocycles. The van der Waals surface area contributed by atoms with Crippen LogP contribution < -0.4 is 10.6 Å². The Hall–Kier alpha value is -1.17. The predicted octanol–water partition coefficient (Wildman–Crippen LogP) is 4.13. The van der Waals surface area contributed by atoms with E-state index in [4.69, 9.17) is 4.99 Å². The quantitative estimate of drug-likeness (QED) is 0.282. The molecular formula is C22H33IN4O2S2. The van der Waals surface area contributed by atoms with Crippen LogP contribution >= 0.6 is 35.3 Å². The number of guanidine groups is 1. The molecule has 2 aromatic rings. The van der Waals surface area contributed by atoms with Crippen LogP contribution in [0.5, 0.6) is 0 Å². The Morgan fingerprint density at radius 3 is 2.48 bits per heavy atom. The standard InChI is InChI=1S/C22H32N4O2S2.HI/c1-3-23-22(24-16-18(2)21-10-7-15-29-21)25-17-19-11-13-26(14-12-19)30(27,28)20-8-5-4-6-9-20;/h4-10,15,18-19H,3,11-14,16-17H2,1-2H3,(H2,23,24,25);1H. The molecule has 1 unspecified atom stereocenters. The van der Waals surface area contributed by atoms with Gasteiger partial charge in [-0.2, -0.15) is 4.31 Å². The number of hydrogen-bond acceptors (Lipinski definition) is 4. The third kappa shape index (κ3) is 7.44. The molecule has 0 bridgehead atoms. The van der Waals surface area contributed by atoms with Crippen molar-refractivity contribution in [2.24, 2.45) is 10.9 Å². The molecule has 1 aliphatic heterocycles. The first-order valence-corrected chi connectivity index (χ1v) is 12.9. The molecule has 0 spiro atoms. The molecule has 0 amide bonds. The molecule has 1 saturated heterocycles. The SMILES string of the molecule is CCNC(=NCC(C)c1cccs1)NCC1CCN(S(=O)(=O)c2ccccc2)CC1.I. The fraction of sp³-hybridized carbons (Fsp3) is 0.500. The second-order valence-electron chi connectivity index (χ2n) is 7.68. The maximum atomic E-state index is 12.8. The zero-order valence-electron chi connectivity index (χ0n) is 18.2. The summed E-state index contributed by atoms with van der Waals surface area (Å²) >= 11 is 1.77. The van der Waals surface area contributed by atoms with E-state index in [-0.39, 0.29) is 24.0 Å².